The molecule has 3 heterocycles. The number of rotatable bonds is 5. The van der Waals surface area contributed by atoms with E-state index in [4.69, 9.17) is 4.98 Å². The molecule has 0 atom stereocenters. The second kappa shape index (κ2) is 9.05. The number of nitrogens with zero attached hydrogens (tertiary/aromatic N) is 4. The number of aromatic nitrogens is 4. The van der Waals surface area contributed by atoms with Gasteiger partial charge in [-0.1, -0.05) is 13.0 Å². The lowest BCUT2D eigenvalue weighted by Gasteiger charge is -2.14. The Kier molecular flexibility index (Phi) is 6.14. The topological polar surface area (TPSA) is 92.7 Å². The van der Waals surface area contributed by atoms with E-state index in [2.05, 4.69) is 25.6 Å². The van der Waals surface area contributed by atoms with Crippen LogP contribution in [0.5, 0.6) is 0 Å². The highest BCUT2D eigenvalue weighted by Gasteiger charge is 2.33. The molecule has 0 aliphatic rings. The summed E-state index contributed by atoms with van der Waals surface area (Å²) < 4.78 is 38.9. The molecule has 3 aromatic heterocycles. The van der Waals surface area contributed by atoms with Gasteiger partial charge >= 0.3 is 6.18 Å². The Balaban J connectivity index is 1.70. The summed E-state index contributed by atoms with van der Waals surface area (Å²) in [6.07, 6.45) is -1.33. The van der Waals surface area contributed by atoms with Crippen molar-refractivity contribution in [2.45, 2.75) is 26.4 Å². The van der Waals surface area contributed by atoms with Gasteiger partial charge in [-0.25, -0.2) is 9.97 Å². The van der Waals surface area contributed by atoms with E-state index in [1.807, 2.05) is 26.0 Å². The third kappa shape index (κ3) is 4.66. The van der Waals surface area contributed by atoms with Gasteiger partial charge in [-0.3, -0.25) is 9.78 Å². The van der Waals surface area contributed by atoms with Crippen LogP contribution in [0.15, 0.2) is 48.8 Å². The summed E-state index contributed by atoms with van der Waals surface area (Å²) in [4.78, 5) is 29.3. The number of nitrogens with one attached hydrogen (secondary N) is 2. The van der Waals surface area contributed by atoms with Gasteiger partial charge in [0.1, 0.15) is 5.69 Å². The molecular formula is C24H21F3N6O. The van der Waals surface area contributed by atoms with E-state index in [-0.39, 0.29) is 5.56 Å². The first-order valence-electron chi connectivity index (χ1n) is 10.5. The number of anilines is 2. The SMILES string of the molecule is CCc1nc2nc(NC)ncc2cc1-c1cc(NC(=O)c2ccnc(C(F)(F)F)c2)ccc1C. The molecule has 0 radical (unpaired) electrons. The van der Waals surface area contributed by atoms with Gasteiger partial charge in [0.15, 0.2) is 5.65 Å². The molecule has 10 heteroatoms. The average Bonchev–Trinajstić information content (AvgIpc) is 2.83. The van der Waals surface area contributed by atoms with Gasteiger partial charge in [-0.2, -0.15) is 18.2 Å². The van der Waals surface area contributed by atoms with E-state index in [0.717, 1.165) is 40.0 Å². The number of hydrogen-bond acceptors (Lipinski definition) is 6. The maximum Gasteiger partial charge on any atom is 0.433 e. The summed E-state index contributed by atoms with van der Waals surface area (Å²) in [7, 11) is 1.73. The van der Waals surface area contributed by atoms with E-state index in [1.54, 1.807) is 25.4 Å². The van der Waals surface area contributed by atoms with E-state index < -0.39 is 17.8 Å². The van der Waals surface area contributed by atoms with Gasteiger partial charge in [0.2, 0.25) is 5.95 Å². The highest BCUT2D eigenvalue weighted by molar-refractivity contribution is 6.04. The van der Waals surface area contributed by atoms with E-state index in [9.17, 15) is 18.0 Å². The van der Waals surface area contributed by atoms with Crippen LogP contribution in [-0.2, 0) is 12.6 Å². The van der Waals surface area contributed by atoms with E-state index >= 15 is 0 Å². The fourth-order valence-corrected chi connectivity index (χ4v) is 3.54. The minimum Gasteiger partial charge on any atom is -0.357 e. The lowest BCUT2D eigenvalue weighted by atomic mass is 9.96. The molecule has 34 heavy (non-hydrogen) atoms. The molecule has 0 saturated carbocycles. The molecular weight excluding hydrogens is 445 g/mol. The van der Waals surface area contributed by atoms with Crippen LogP contribution in [0.1, 0.15) is 34.2 Å². The largest absolute Gasteiger partial charge is 0.433 e. The number of pyridine rings is 2. The average molecular weight is 466 g/mol. The van der Waals surface area contributed by atoms with Crippen molar-refractivity contribution in [3.8, 4) is 11.1 Å². The Morgan fingerprint density at radius 3 is 2.53 bits per heavy atom. The lowest BCUT2D eigenvalue weighted by molar-refractivity contribution is -0.141. The zero-order chi connectivity index (χ0) is 24.5. The van der Waals surface area contributed by atoms with Crippen molar-refractivity contribution in [3.05, 3.63) is 71.3 Å². The second-order valence-electron chi connectivity index (χ2n) is 7.60. The fourth-order valence-electron chi connectivity index (χ4n) is 3.54. The van der Waals surface area contributed by atoms with E-state index in [1.165, 1.54) is 6.07 Å². The van der Waals surface area contributed by atoms with Crippen LogP contribution >= 0.6 is 0 Å². The van der Waals surface area contributed by atoms with Crippen LogP contribution < -0.4 is 10.6 Å². The number of fused-ring (bicyclic) bond motifs is 1. The number of carbonyl (C=O) groups excluding carboxylic acids is 1. The number of halogens is 3. The second-order valence-corrected chi connectivity index (χ2v) is 7.60. The normalized spacial score (nSPS) is 11.5. The smallest absolute Gasteiger partial charge is 0.357 e. The molecule has 0 bridgehead atoms. The summed E-state index contributed by atoms with van der Waals surface area (Å²) in [5, 5.41) is 6.33. The summed E-state index contributed by atoms with van der Waals surface area (Å²) in [5.41, 5.74) is 3.24. The number of carbonyl (C=O) groups is 1. The van der Waals surface area contributed by atoms with Crippen molar-refractivity contribution < 1.29 is 18.0 Å². The van der Waals surface area contributed by atoms with Crippen LogP contribution in [0, 0.1) is 6.92 Å². The number of amides is 1. The third-order valence-corrected chi connectivity index (χ3v) is 5.30. The molecule has 4 aromatic rings. The molecule has 174 valence electrons. The molecule has 0 spiro atoms. The molecule has 2 N–H and O–H groups in total. The summed E-state index contributed by atoms with van der Waals surface area (Å²) >= 11 is 0. The first kappa shape index (κ1) is 23.1. The van der Waals surface area contributed by atoms with Gasteiger partial charge in [0.25, 0.3) is 5.91 Å². The minimum absolute atomic E-state index is 0.136. The van der Waals surface area contributed by atoms with Crippen LogP contribution in [0.4, 0.5) is 24.8 Å². The molecule has 0 aliphatic carbocycles. The molecule has 4 rings (SSSR count). The molecule has 0 saturated heterocycles. The Morgan fingerprint density at radius 2 is 1.82 bits per heavy atom. The molecule has 1 amide bonds. The van der Waals surface area contributed by atoms with Crippen molar-refractivity contribution in [2.75, 3.05) is 17.7 Å². The van der Waals surface area contributed by atoms with Crippen LogP contribution in [0.25, 0.3) is 22.2 Å². The molecule has 0 fully saturated rings. The predicted molar refractivity (Wildman–Crippen MR) is 124 cm³/mol. The Bertz CT molecular complexity index is 1390. The van der Waals surface area contributed by atoms with Crippen molar-refractivity contribution in [2.24, 2.45) is 0 Å². The van der Waals surface area contributed by atoms with Crippen molar-refractivity contribution in [1.82, 2.24) is 19.9 Å². The number of hydrogen-bond donors (Lipinski definition) is 2. The van der Waals surface area contributed by atoms with Gasteiger partial charge < -0.3 is 10.6 Å². The van der Waals surface area contributed by atoms with Crippen molar-refractivity contribution >= 4 is 28.6 Å². The number of benzene rings is 1. The zero-order valence-corrected chi connectivity index (χ0v) is 18.7. The highest BCUT2D eigenvalue weighted by atomic mass is 19.4. The first-order valence-corrected chi connectivity index (χ1v) is 10.5. The molecule has 0 aliphatic heterocycles. The summed E-state index contributed by atoms with van der Waals surface area (Å²) in [6, 6.07) is 9.23. The number of alkyl halides is 3. The Labute approximate surface area is 193 Å². The molecule has 7 nitrogen and oxygen atoms in total. The Hall–Kier alpha value is -4.08. The minimum atomic E-state index is -4.63. The molecule has 1 aromatic carbocycles. The zero-order valence-electron chi connectivity index (χ0n) is 18.7. The van der Waals surface area contributed by atoms with Gasteiger partial charge in [0.05, 0.1) is 5.69 Å². The summed E-state index contributed by atoms with van der Waals surface area (Å²) in [6.45, 7) is 3.92. The Morgan fingerprint density at radius 1 is 1.03 bits per heavy atom. The highest BCUT2D eigenvalue weighted by Crippen LogP contribution is 2.32. The standard InChI is InChI=1S/C24H21F3N6O/c1-4-19-18(9-15-12-30-23(28-3)33-21(15)32-19)17-11-16(6-5-13(17)2)31-22(34)14-7-8-29-20(10-14)24(25,26)27/h5-12H,4H2,1-3H3,(H,31,34)(H,28,30,32,33). The first-order chi connectivity index (χ1) is 16.2. The van der Waals surface area contributed by atoms with Gasteiger partial charge in [0, 0.05) is 41.6 Å². The van der Waals surface area contributed by atoms with Crippen LogP contribution in [0.3, 0.4) is 0 Å². The maximum atomic E-state index is 13.0. The van der Waals surface area contributed by atoms with Gasteiger partial charge in [-0.05, 0) is 54.8 Å². The quantitative estimate of drug-likeness (QED) is 0.416. The predicted octanol–water partition coefficient (Wildman–Crippen LogP) is 5.27. The summed E-state index contributed by atoms with van der Waals surface area (Å²) in [5.74, 6) is -0.191. The van der Waals surface area contributed by atoms with Crippen molar-refractivity contribution in [1.29, 1.82) is 0 Å². The van der Waals surface area contributed by atoms with Crippen LogP contribution in [0.2, 0.25) is 0 Å². The molecule has 0 unspecified atom stereocenters. The third-order valence-electron chi connectivity index (χ3n) is 5.30. The lowest BCUT2D eigenvalue weighted by Crippen LogP contribution is -2.15. The van der Waals surface area contributed by atoms with Gasteiger partial charge in [-0.15, -0.1) is 0 Å². The van der Waals surface area contributed by atoms with E-state index in [0.29, 0.717) is 23.7 Å². The van der Waals surface area contributed by atoms with Crippen molar-refractivity contribution in [3.63, 3.8) is 0 Å². The fraction of sp³-hybridized carbons (Fsp3) is 0.208. The maximum absolute atomic E-state index is 13.0. The number of aryl methyl sites for hydroxylation is 2. The van der Waals surface area contributed by atoms with Crippen LogP contribution in [-0.4, -0.2) is 32.9 Å². The monoisotopic (exact) mass is 466 g/mol.